The van der Waals surface area contributed by atoms with E-state index in [0.29, 0.717) is 43.9 Å². The van der Waals surface area contributed by atoms with E-state index in [4.69, 9.17) is 14.6 Å². The Balaban J connectivity index is 1.66. The van der Waals surface area contributed by atoms with Crippen LogP contribution in [0.3, 0.4) is 0 Å². The lowest BCUT2D eigenvalue weighted by Gasteiger charge is -2.24. The third-order valence-electron chi connectivity index (χ3n) is 4.05. The van der Waals surface area contributed by atoms with Gasteiger partial charge in [-0.15, -0.1) is 0 Å². The molecule has 23 heavy (non-hydrogen) atoms. The first kappa shape index (κ1) is 15.6. The quantitative estimate of drug-likeness (QED) is 0.741. The number of likely N-dealkylation sites (tertiary alicyclic amines) is 1. The van der Waals surface area contributed by atoms with E-state index in [2.05, 4.69) is 5.32 Å². The highest BCUT2D eigenvalue weighted by Gasteiger charge is 2.35. The van der Waals surface area contributed by atoms with E-state index >= 15 is 0 Å². The first-order valence-corrected chi connectivity index (χ1v) is 7.75. The molecule has 1 fully saturated rings. The zero-order valence-electron chi connectivity index (χ0n) is 12.8. The molecule has 2 aliphatic heterocycles. The maximum atomic E-state index is 12.2. The van der Waals surface area contributed by atoms with Gasteiger partial charge in [-0.25, -0.2) is 0 Å². The molecule has 7 nitrogen and oxygen atoms in total. The van der Waals surface area contributed by atoms with Gasteiger partial charge in [0, 0.05) is 26.1 Å². The largest absolute Gasteiger partial charge is 0.454 e. The number of nitrogens with zero attached hydrogens (tertiary/aromatic N) is 1. The van der Waals surface area contributed by atoms with Crippen LogP contribution >= 0.6 is 0 Å². The molecule has 1 aromatic rings. The van der Waals surface area contributed by atoms with Crippen LogP contribution in [0, 0.1) is 0 Å². The molecule has 0 radical (unpaired) electrons. The average Bonchev–Trinajstić information content (AvgIpc) is 3.14. The number of nitrogens with one attached hydrogen (secondary N) is 1. The highest BCUT2D eigenvalue weighted by molar-refractivity contribution is 5.90. The molecule has 3 rings (SSSR count). The lowest BCUT2D eigenvalue weighted by molar-refractivity contribution is -0.135. The molecule has 124 valence electrons. The minimum atomic E-state index is -0.452. The summed E-state index contributed by atoms with van der Waals surface area (Å²) in [6.45, 7) is 1.02. The fraction of sp³-hybridized carbons (Fsp3) is 0.500. The fourth-order valence-electron chi connectivity index (χ4n) is 2.85. The van der Waals surface area contributed by atoms with E-state index in [9.17, 15) is 9.59 Å². The number of carbonyl (C=O) groups excluding carboxylic acids is 2. The first-order chi connectivity index (χ1) is 11.2. The predicted molar refractivity (Wildman–Crippen MR) is 80.8 cm³/mol. The number of aliphatic hydroxyl groups is 1. The van der Waals surface area contributed by atoms with Crippen LogP contribution in [0.15, 0.2) is 18.2 Å². The Morgan fingerprint density at radius 3 is 3.00 bits per heavy atom. The summed E-state index contributed by atoms with van der Waals surface area (Å²) in [5.41, 5.74) is 0.901. The van der Waals surface area contributed by atoms with Crippen molar-refractivity contribution in [3.63, 3.8) is 0 Å². The molecule has 1 saturated heterocycles. The Hall–Kier alpha value is -2.28. The Kier molecular flexibility index (Phi) is 4.66. The van der Waals surface area contributed by atoms with Crippen LogP contribution in [0.25, 0.3) is 0 Å². The minimum absolute atomic E-state index is 0.0232. The van der Waals surface area contributed by atoms with Crippen molar-refractivity contribution >= 4 is 11.8 Å². The number of hydrogen-bond donors (Lipinski definition) is 2. The number of amides is 2. The van der Waals surface area contributed by atoms with Gasteiger partial charge in [-0.2, -0.15) is 0 Å². The van der Waals surface area contributed by atoms with Gasteiger partial charge in [0.05, 0.1) is 0 Å². The van der Waals surface area contributed by atoms with Crippen LogP contribution in [-0.2, 0) is 16.1 Å². The Morgan fingerprint density at radius 1 is 1.35 bits per heavy atom. The van der Waals surface area contributed by atoms with Crippen molar-refractivity contribution in [3.8, 4) is 11.5 Å². The van der Waals surface area contributed by atoms with E-state index in [1.54, 1.807) is 4.90 Å². The molecule has 0 saturated carbocycles. The van der Waals surface area contributed by atoms with E-state index in [0.717, 1.165) is 5.56 Å². The third kappa shape index (κ3) is 3.39. The van der Waals surface area contributed by atoms with Gasteiger partial charge >= 0.3 is 0 Å². The zero-order chi connectivity index (χ0) is 16.2. The van der Waals surface area contributed by atoms with Gasteiger partial charge in [-0.1, -0.05) is 6.07 Å². The molecule has 7 heteroatoms. The van der Waals surface area contributed by atoms with Gasteiger partial charge in [0.25, 0.3) is 0 Å². The molecule has 2 aliphatic rings. The molecule has 1 aromatic carbocycles. The summed E-state index contributed by atoms with van der Waals surface area (Å²) in [5.74, 6) is 1.17. The topological polar surface area (TPSA) is 88.1 Å². The summed E-state index contributed by atoms with van der Waals surface area (Å²) in [6, 6.07) is 5.08. The van der Waals surface area contributed by atoms with Gasteiger partial charge in [-0.3, -0.25) is 9.59 Å². The van der Waals surface area contributed by atoms with Crippen molar-refractivity contribution in [2.75, 3.05) is 19.9 Å². The highest BCUT2D eigenvalue weighted by atomic mass is 16.7. The van der Waals surface area contributed by atoms with E-state index in [1.807, 2.05) is 18.2 Å². The van der Waals surface area contributed by atoms with Gasteiger partial charge in [0.1, 0.15) is 6.04 Å². The molecule has 2 N–H and O–H groups in total. The molecule has 0 spiro atoms. The molecular weight excluding hydrogens is 300 g/mol. The van der Waals surface area contributed by atoms with Crippen molar-refractivity contribution in [1.29, 1.82) is 0 Å². The standard InChI is InChI=1S/C16H20N2O5/c19-7-1-6-17-16(21)12-3-5-15(20)18(12)9-11-2-4-13-14(8-11)23-10-22-13/h2,4,8,12,19H,1,3,5-7,9-10H2,(H,17,21). The van der Waals surface area contributed by atoms with Gasteiger partial charge < -0.3 is 24.8 Å². The summed E-state index contributed by atoms with van der Waals surface area (Å²) in [7, 11) is 0. The average molecular weight is 320 g/mol. The zero-order valence-corrected chi connectivity index (χ0v) is 12.8. The van der Waals surface area contributed by atoms with Crippen LogP contribution in [0.4, 0.5) is 0 Å². The van der Waals surface area contributed by atoms with Crippen LogP contribution in [0.1, 0.15) is 24.8 Å². The molecule has 0 aliphatic carbocycles. The summed E-state index contributed by atoms with van der Waals surface area (Å²) >= 11 is 0. The molecule has 1 unspecified atom stereocenters. The number of carbonyl (C=O) groups is 2. The Labute approximate surface area is 134 Å². The molecule has 2 amide bonds. The van der Waals surface area contributed by atoms with E-state index in [-0.39, 0.29) is 25.2 Å². The Morgan fingerprint density at radius 2 is 2.17 bits per heavy atom. The molecule has 0 bridgehead atoms. The van der Waals surface area contributed by atoms with Crippen molar-refractivity contribution in [2.24, 2.45) is 0 Å². The van der Waals surface area contributed by atoms with Gasteiger partial charge in [0.15, 0.2) is 11.5 Å². The van der Waals surface area contributed by atoms with Crippen LogP contribution < -0.4 is 14.8 Å². The number of fused-ring (bicyclic) bond motifs is 1. The van der Waals surface area contributed by atoms with Crippen LogP contribution in [-0.4, -0.2) is 47.8 Å². The molecule has 0 aromatic heterocycles. The SMILES string of the molecule is O=C(NCCCO)C1CCC(=O)N1Cc1ccc2c(c1)OCO2. The predicted octanol–water partition coefficient (Wildman–Crippen LogP) is 0.405. The summed E-state index contributed by atoms with van der Waals surface area (Å²) in [4.78, 5) is 25.9. The molecule has 1 atom stereocenters. The van der Waals surface area contributed by atoms with E-state index in [1.165, 1.54) is 0 Å². The maximum Gasteiger partial charge on any atom is 0.242 e. The molecular formula is C16H20N2O5. The normalized spacial score (nSPS) is 19.3. The van der Waals surface area contributed by atoms with Crippen molar-refractivity contribution in [1.82, 2.24) is 10.2 Å². The highest BCUT2D eigenvalue weighted by Crippen LogP contribution is 2.33. The number of aliphatic hydroxyl groups excluding tert-OH is 1. The second kappa shape index (κ2) is 6.87. The monoisotopic (exact) mass is 320 g/mol. The van der Waals surface area contributed by atoms with Gasteiger partial charge in [0.2, 0.25) is 18.6 Å². The van der Waals surface area contributed by atoms with E-state index < -0.39 is 6.04 Å². The van der Waals surface area contributed by atoms with Crippen molar-refractivity contribution in [3.05, 3.63) is 23.8 Å². The summed E-state index contributed by atoms with van der Waals surface area (Å²) in [5, 5.41) is 11.5. The number of benzene rings is 1. The molecule has 2 heterocycles. The lowest BCUT2D eigenvalue weighted by Crippen LogP contribution is -2.44. The maximum absolute atomic E-state index is 12.2. The lowest BCUT2D eigenvalue weighted by atomic mass is 10.1. The second-order valence-electron chi connectivity index (χ2n) is 5.63. The van der Waals surface area contributed by atoms with Gasteiger partial charge in [-0.05, 0) is 30.5 Å². The summed E-state index contributed by atoms with van der Waals surface area (Å²) in [6.07, 6.45) is 1.41. The number of ether oxygens (including phenoxy) is 2. The first-order valence-electron chi connectivity index (χ1n) is 7.75. The van der Waals surface area contributed by atoms with Crippen molar-refractivity contribution in [2.45, 2.75) is 31.8 Å². The van der Waals surface area contributed by atoms with Crippen molar-refractivity contribution < 1.29 is 24.2 Å². The summed E-state index contributed by atoms with van der Waals surface area (Å²) < 4.78 is 10.6. The smallest absolute Gasteiger partial charge is 0.242 e. The fourth-order valence-corrected chi connectivity index (χ4v) is 2.85. The number of hydrogen-bond acceptors (Lipinski definition) is 5. The minimum Gasteiger partial charge on any atom is -0.454 e. The third-order valence-corrected chi connectivity index (χ3v) is 4.05. The Bertz CT molecular complexity index is 604. The van der Waals surface area contributed by atoms with Crippen LogP contribution in [0.2, 0.25) is 0 Å². The second-order valence-corrected chi connectivity index (χ2v) is 5.63. The number of rotatable bonds is 6. The van der Waals surface area contributed by atoms with Crippen LogP contribution in [0.5, 0.6) is 11.5 Å².